The number of nitrogens with one attached hydrogen (secondary N) is 3. The van der Waals surface area contributed by atoms with Gasteiger partial charge in [0.2, 0.25) is 0 Å². The molecule has 1 aliphatic heterocycles. The second-order valence-corrected chi connectivity index (χ2v) is 13.0. The molecule has 0 bridgehead atoms. The smallest absolute Gasteiger partial charge is 0.407 e. The summed E-state index contributed by atoms with van der Waals surface area (Å²) in [4.78, 5) is 20.4. The van der Waals surface area contributed by atoms with Gasteiger partial charge in [-0.3, -0.25) is 4.72 Å². The van der Waals surface area contributed by atoms with Crippen molar-refractivity contribution >= 4 is 39.0 Å². The summed E-state index contributed by atoms with van der Waals surface area (Å²) < 4.78 is 82.3. The average Bonchev–Trinajstić information content (AvgIpc) is 3.48. The number of aromatic nitrogens is 2. The largest absolute Gasteiger partial charge is 0.453 e. The monoisotopic (exact) mass is 661 g/mol. The van der Waals surface area contributed by atoms with Gasteiger partial charge in [0.1, 0.15) is 22.3 Å². The minimum Gasteiger partial charge on any atom is -0.453 e. The third-order valence-corrected chi connectivity index (χ3v) is 9.70. The molecule has 0 radical (unpaired) electrons. The lowest BCUT2D eigenvalue weighted by molar-refractivity contribution is 0.0853. The molecule has 4 aromatic rings. The van der Waals surface area contributed by atoms with E-state index in [1.807, 2.05) is 0 Å². The highest BCUT2D eigenvalue weighted by molar-refractivity contribution is 7.92. The Kier molecular flexibility index (Phi) is 9.90. The Morgan fingerprint density at radius 2 is 1.91 bits per heavy atom. The van der Waals surface area contributed by atoms with Gasteiger partial charge in [0.15, 0.2) is 5.82 Å². The van der Waals surface area contributed by atoms with Crippen molar-refractivity contribution in [3.8, 4) is 21.7 Å². The Morgan fingerprint density at radius 1 is 1.13 bits per heavy atom. The van der Waals surface area contributed by atoms with Gasteiger partial charge in [0.05, 0.1) is 28.4 Å². The van der Waals surface area contributed by atoms with Crippen molar-refractivity contribution in [3.05, 3.63) is 77.2 Å². The lowest BCUT2D eigenvalue weighted by atomic mass is 10.0. The number of sulfonamides is 1. The van der Waals surface area contributed by atoms with Crippen LogP contribution in [0.3, 0.4) is 0 Å². The van der Waals surface area contributed by atoms with Gasteiger partial charge in [-0.15, -0.1) is 11.3 Å². The lowest BCUT2D eigenvalue weighted by Crippen LogP contribution is -2.37. The van der Waals surface area contributed by atoms with Crippen LogP contribution in [-0.2, 0) is 19.5 Å². The van der Waals surface area contributed by atoms with Crippen molar-refractivity contribution in [2.24, 2.45) is 0 Å². The number of halogens is 3. The molecular weight excluding hydrogens is 631 g/mol. The predicted octanol–water partition coefficient (Wildman–Crippen LogP) is 6.14. The van der Waals surface area contributed by atoms with E-state index in [0.29, 0.717) is 48.1 Å². The Bertz CT molecular complexity index is 1800. The number of rotatable bonds is 10. The van der Waals surface area contributed by atoms with E-state index < -0.39 is 44.2 Å². The standard InChI is InChI=1S/C30H30F3N5O5S2/c1-17(36-30(39)42-2)16-35-25-14-19(8-11-34-25)28-27(37-29(44-28)18-9-12-43-13-10-18)21-4-3-5-23(26(21)33)38-45(40,41)24-15-20(31)6-7-22(24)32/h3-8,11,14-15,17-18,38H,9-10,12-13,16H2,1-2H3,(H,34,35)(H,36,39)/t17-/m0/s1. The van der Waals surface area contributed by atoms with Crippen LogP contribution in [0.25, 0.3) is 21.7 Å². The molecule has 0 aliphatic carbocycles. The average molecular weight is 662 g/mol. The van der Waals surface area contributed by atoms with Gasteiger partial charge in [-0.25, -0.2) is 36.4 Å². The third-order valence-electron chi connectivity index (χ3n) is 7.06. The van der Waals surface area contributed by atoms with Crippen LogP contribution in [-0.4, -0.2) is 57.4 Å². The van der Waals surface area contributed by atoms with Gasteiger partial charge in [-0.1, -0.05) is 6.07 Å². The molecule has 2 aromatic carbocycles. The summed E-state index contributed by atoms with van der Waals surface area (Å²) in [7, 11) is -3.40. The fourth-order valence-electron chi connectivity index (χ4n) is 4.75. The molecule has 0 spiro atoms. The van der Waals surface area contributed by atoms with E-state index in [1.165, 1.54) is 36.6 Å². The summed E-state index contributed by atoms with van der Waals surface area (Å²) in [6.07, 6.45) is 2.50. The molecule has 1 aliphatic rings. The second kappa shape index (κ2) is 13.8. The number of hydrogen-bond acceptors (Lipinski definition) is 9. The van der Waals surface area contributed by atoms with Gasteiger partial charge in [-0.2, -0.15) is 0 Å². The highest BCUT2D eigenvalue weighted by Crippen LogP contribution is 2.43. The van der Waals surface area contributed by atoms with Crippen molar-refractivity contribution in [1.29, 1.82) is 0 Å². The zero-order valence-electron chi connectivity index (χ0n) is 24.3. The van der Waals surface area contributed by atoms with E-state index >= 15 is 4.39 Å². The molecule has 0 unspecified atom stereocenters. The first-order chi connectivity index (χ1) is 21.6. The highest BCUT2D eigenvalue weighted by Gasteiger charge is 2.27. The number of methoxy groups -OCH3 is 1. The molecule has 3 heterocycles. The minimum atomic E-state index is -4.68. The van der Waals surface area contributed by atoms with Crippen molar-refractivity contribution in [2.75, 3.05) is 36.9 Å². The number of carbonyl (C=O) groups is 1. The Balaban J connectivity index is 1.51. The summed E-state index contributed by atoms with van der Waals surface area (Å²) in [6.45, 7) is 3.27. The van der Waals surface area contributed by atoms with Gasteiger partial charge in [0, 0.05) is 43.5 Å². The quantitative estimate of drug-likeness (QED) is 0.185. The molecule has 3 N–H and O–H groups in total. The Morgan fingerprint density at radius 3 is 2.67 bits per heavy atom. The number of thiazole rings is 1. The maximum atomic E-state index is 16.1. The van der Waals surface area contributed by atoms with Crippen molar-refractivity contribution in [2.45, 2.75) is 36.6 Å². The van der Waals surface area contributed by atoms with E-state index in [9.17, 15) is 22.0 Å². The van der Waals surface area contributed by atoms with Gasteiger partial charge in [-0.05, 0) is 67.8 Å². The summed E-state index contributed by atoms with van der Waals surface area (Å²) in [5.41, 5.74) is 0.530. The molecule has 5 rings (SSSR count). The second-order valence-electron chi connectivity index (χ2n) is 10.3. The minimum absolute atomic E-state index is 0.0155. The first-order valence-corrected chi connectivity index (χ1v) is 16.3. The first-order valence-electron chi connectivity index (χ1n) is 14.0. The predicted molar refractivity (Wildman–Crippen MR) is 164 cm³/mol. The molecule has 0 saturated carbocycles. The van der Waals surface area contributed by atoms with Crippen LogP contribution in [0.1, 0.15) is 30.7 Å². The molecule has 238 valence electrons. The van der Waals surface area contributed by atoms with Crippen LogP contribution in [0, 0.1) is 17.5 Å². The maximum absolute atomic E-state index is 16.1. The fourth-order valence-corrected chi connectivity index (χ4v) is 7.14. The number of pyridine rings is 1. The molecular formula is C30H30F3N5O5S2. The van der Waals surface area contributed by atoms with Crippen LogP contribution in [0.15, 0.2) is 59.6 Å². The van der Waals surface area contributed by atoms with Crippen LogP contribution in [0.2, 0.25) is 0 Å². The number of carbonyl (C=O) groups excluding carboxylic acids is 1. The molecule has 1 saturated heterocycles. The number of ether oxygens (including phenoxy) is 2. The number of alkyl carbamates (subject to hydrolysis) is 1. The topological polar surface area (TPSA) is 132 Å². The van der Waals surface area contributed by atoms with E-state index in [1.54, 1.807) is 25.3 Å². The molecule has 45 heavy (non-hydrogen) atoms. The van der Waals surface area contributed by atoms with Gasteiger partial charge >= 0.3 is 6.09 Å². The Hall–Kier alpha value is -4.21. The van der Waals surface area contributed by atoms with E-state index in [2.05, 4.69) is 25.1 Å². The fraction of sp³-hybridized carbons (Fsp3) is 0.300. The van der Waals surface area contributed by atoms with E-state index in [-0.39, 0.29) is 23.2 Å². The summed E-state index contributed by atoms with van der Waals surface area (Å²) in [5, 5.41) is 6.60. The number of anilines is 2. The SMILES string of the molecule is COC(=O)N[C@@H](C)CNc1cc(-c2sc(C3CCOCC3)nc2-c2cccc(NS(=O)(=O)c3cc(F)ccc3F)c2F)ccn1. The maximum Gasteiger partial charge on any atom is 0.407 e. The van der Waals surface area contributed by atoms with Crippen LogP contribution >= 0.6 is 11.3 Å². The van der Waals surface area contributed by atoms with Crippen LogP contribution in [0.5, 0.6) is 0 Å². The molecule has 15 heteroatoms. The summed E-state index contributed by atoms with van der Waals surface area (Å²) >= 11 is 1.39. The van der Waals surface area contributed by atoms with E-state index in [0.717, 1.165) is 23.9 Å². The van der Waals surface area contributed by atoms with E-state index in [4.69, 9.17) is 9.72 Å². The van der Waals surface area contributed by atoms with Crippen molar-refractivity contribution in [3.63, 3.8) is 0 Å². The lowest BCUT2D eigenvalue weighted by Gasteiger charge is -2.19. The summed E-state index contributed by atoms with van der Waals surface area (Å²) in [5.74, 6) is -2.49. The van der Waals surface area contributed by atoms with Crippen LogP contribution in [0.4, 0.5) is 29.5 Å². The number of hydrogen-bond donors (Lipinski definition) is 3. The zero-order chi connectivity index (χ0) is 32.1. The van der Waals surface area contributed by atoms with Crippen molar-refractivity contribution < 1.29 is 35.9 Å². The molecule has 10 nitrogen and oxygen atoms in total. The molecule has 1 atom stereocenters. The molecule has 2 aromatic heterocycles. The van der Waals surface area contributed by atoms with Crippen LogP contribution < -0.4 is 15.4 Å². The molecule has 1 amide bonds. The van der Waals surface area contributed by atoms with Gasteiger partial charge in [0.25, 0.3) is 10.0 Å². The first kappa shape index (κ1) is 32.2. The highest BCUT2D eigenvalue weighted by atomic mass is 32.2. The van der Waals surface area contributed by atoms with Gasteiger partial charge < -0.3 is 20.1 Å². The number of nitrogens with zero attached hydrogens (tertiary/aromatic N) is 2. The molecule has 1 fully saturated rings. The summed E-state index contributed by atoms with van der Waals surface area (Å²) in [6, 6.07) is 9.36. The zero-order valence-corrected chi connectivity index (χ0v) is 25.9. The number of amides is 1. The number of benzene rings is 2. The van der Waals surface area contributed by atoms with Crippen molar-refractivity contribution in [1.82, 2.24) is 15.3 Å². The Labute approximate surface area is 262 Å². The third kappa shape index (κ3) is 7.54. The normalized spacial score (nSPS) is 14.5.